The van der Waals surface area contributed by atoms with Gasteiger partial charge in [-0.05, 0) is 37.4 Å². The van der Waals surface area contributed by atoms with Crippen LogP contribution in [0.1, 0.15) is 12.8 Å². The summed E-state index contributed by atoms with van der Waals surface area (Å²) in [7, 11) is 0. The maximum Gasteiger partial charge on any atom is 0.238 e. The van der Waals surface area contributed by atoms with Gasteiger partial charge in [-0.25, -0.2) is 0 Å². The zero-order valence-electron chi connectivity index (χ0n) is 9.07. The van der Waals surface area contributed by atoms with Crippen LogP contribution in [0.15, 0.2) is 24.3 Å². The van der Waals surface area contributed by atoms with E-state index in [0.717, 1.165) is 12.5 Å². The normalized spacial score (nSPS) is 14.8. The molecule has 1 saturated carbocycles. The molecule has 0 aromatic heterocycles. The smallest absolute Gasteiger partial charge is 0.238 e. The fraction of sp³-hybridized carbons (Fsp3) is 0.417. The molecule has 1 aliphatic rings. The Morgan fingerprint density at radius 3 is 2.94 bits per heavy atom. The fourth-order valence-corrected chi connectivity index (χ4v) is 1.50. The van der Waals surface area contributed by atoms with Gasteiger partial charge in [0, 0.05) is 11.8 Å². The Morgan fingerprint density at radius 2 is 2.25 bits per heavy atom. The SMILES string of the molecule is O=C(CNCC1CC1)Nc1cccc(O)c1. The minimum atomic E-state index is -0.0775. The van der Waals surface area contributed by atoms with E-state index in [1.54, 1.807) is 18.2 Å². The number of aromatic hydroxyl groups is 1. The van der Waals surface area contributed by atoms with Gasteiger partial charge >= 0.3 is 0 Å². The lowest BCUT2D eigenvalue weighted by molar-refractivity contribution is -0.115. The Kier molecular flexibility index (Phi) is 3.41. The number of anilines is 1. The van der Waals surface area contributed by atoms with Gasteiger partial charge < -0.3 is 15.7 Å². The van der Waals surface area contributed by atoms with Crippen LogP contribution in [0.2, 0.25) is 0 Å². The zero-order chi connectivity index (χ0) is 11.4. The second-order valence-corrected chi connectivity index (χ2v) is 4.17. The van der Waals surface area contributed by atoms with Crippen molar-refractivity contribution in [1.29, 1.82) is 0 Å². The molecule has 0 saturated heterocycles. The van der Waals surface area contributed by atoms with Gasteiger partial charge in [-0.15, -0.1) is 0 Å². The molecule has 1 aliphatic carbocycles. The number of rotatable bonds is 5. The molecule has 0 atom stereocenters. The Bertz CT molecular complexity index is 375. The molecule has 4 heteroatoms. The molecule has 2 rings (SSSR count). The average Bonchev–Trinajstić information content (AvgIpc) is 3.01. The average molecular weight is 220 g/mol. The summed E-state index contributed by atoms with van der Waals surface area (Å²) in [5.41, 5.74) is 0.623. The van der Waals surface area contributed by atoms with E-state index < -0.39 is 0 Å². The van der Waals surface area contributed by atoms with Crippen LogP contribution in [0.25, 0.3) is 0 Å². The predicted molar refractivity (Wildman–Crippen MR) is 62.3 cm³/mol. The molecule has 4 nitrogen and oxygen atoms in total. The van der Waals surface area contributed by atoms with Crippen LogP contribution >= 0.6 is 0 Å². The zero-order valence-corrected chi connectivity index (χ0v) is 9.07. The van der Waals surface area contributed by atoms with Gasteiger partial charge in [0.25, 0.3) is 0 Å². The van der Waals surface area contributed by atoms with Crippen LogP contribution in [0.5, 0.6) is 5.75 Å². The quantitative estimate of drug-likeness (QED) is 0.701. The van der Waals surface area contributed by atoms with Gasteiger partial charge in [0.2, 0.25) is 5.91 Å². The Morgan fingerprint density at radius 1 is 1.44 bits per heavy atom. The molecule has 3 N–H and O–H groups in total. The number of phenols is 1. The molecule has 1 aromatic carbocycles. The lowest BCUT2D eigenvalue weighted by Gasteiger charge is -2.06. The summed E-state index contributed by atoms with van der Waals surface area (Å²) in [4.78, 5) is 11.5. The lowest BCUT2D eigenvalue weighted by atomic mass is 10.3. The van der Waals surface area contributed by atoms with Crippen LogP contribution in [0, 0.1) is 5.92 Å². The van der Waals surface area contributed by atoms with Crippen LogP contribution < -0.4 is 10.6 Å². The number of hydrogen-bond acceptors (Lipinski definition) is 3. The Balaban J connectivity index is 1.73. The number of carbonyl (C=O) groups is 1. The number of hydrogen-bond donors (Lipinski definition) is 3. The maximum absolute atomic E-state index is 11.5. The first kappa shape index (κ1) is 11.0. The van der Waals surface area contributed by atoms with E-state index in [1.807, 2.05) is 0 Å². The summed E-state index contributed by atoms with van der Waals surface area (Å²) in [5.74, 6) is 0.851. The van der Waals surface area contributed by atoms with E-state index in [1.165, 1.54) is 18.9 Å². The van der Waals surface area contributed by atoms with Crippen molar-refractivity contribution in [3.05, 3.63) is 24.3 Å². The van der Waals surface area contributed by atoms with Gasteiger partial charge in [-0.1, -0.05) is 6.07 Å². The molecule has 1 amide bonds. The minimum Gasteiger partial charge on any atom is -0.508 e. The third kappa shape index (κ3) is 3.55. The predicted octanol–water partition coefficient (Wildman–Crippen LogP) is 1.33. The van der Waals surface area contributed by atoms with Gasteiger partial charge in [-0.3, -0.25) is 4.79 Å². The maximum atomic E-state index is 11.5. The second-order valence-electron chi connectivity index (χ2n) is 4.17. The van der Waals surface area contributed by atoms with Crippen molar-refractivity contribution in [3.8, 4) is 5.75 Å². The summed E-state index contributed by atoms with van der Waals surface area (Å²) in [5, 5.41) is 15.0. The molecule has 1 fully saturated rings. The van der Waals surface area contributed by atoms with Crippen molar-refractivity contribution in [2.24, 2.45) is 5.92 Å². The van der Waals surface area contributed by atoms with Crippen molar-refractivity contribution >= 4 is 11.6 Å². The summed E-state index contributed by atoms with van der Waals surface area (Å²) >= 11 is 0. The molecule has 0 bridgehead atoms. The van der Waals surface area contributed by atoms with Gasteiger partial charge in [0.1, 0.15) is 5.75 Å². The third-order valence-corrected chi connectivity index (χ3v) is 2.55. The highest BCUT2D eigenvalue weighted by Crippen LogP contribution is 2.27. The molecule has 0 spiro atoms. The molecule has 86 valence electrons. The Labute approximate surface area is 94.7 Å². The number of carbonyl (C=O) groups excluding carboxylic acids is 1. The number of nitrogens with one attached hydrogen (secondary N) is 2. The van der Waals surface area contributed by atoms with Crippen molar-refractivity contribution in [1.82, 2.24) is 5.32 Å². The van der Waals surface area contributed by atoms with E-state index in [4.69, 9.17) is 0 Å². The Hall–Kier alpha value is -1.55. The second kappa shape index (κ2) is 4.99. The third-order valence-electron chi connectivity index (χ3n) is 2.55. The van der Waals surface area contributed by atoms with E-state index >= 15 is 0 Å². The molecule has 0 aliphatic heterocycles. The van der Waals surface area contributed by atoms with E-state index in [9.17, 15) is 9.90 Å². The molecule has 0 heterocycles. The van der Waals surface area contributed by atoms with Gasteiger partial charge in [-0.2, -0.15) is 0 Å². The lowest BCUT2D eigenvalue weighted by Crippen LogP contribution is -2.29. The molecule has 0 radical (unpaired) electrons. The molecular formula is C12H16N2O2. The van der Waals surface area contributed by atoms with Crippen molar-refractivity contribution in [2.75, 3.05) is 18.4 Å². The van der Waals surface area contributed by atoms with Crippen LogP contribution in [0.4, 0.5) is 5.69 Å². The van der Waals surface area contributed by atoms with Crippen LogP contribution in [-0.2, 0) is 4.79 Å². The first-order valence-corrected chi connectivity index (χ1v) is 5.53. The van der Waals surface area contributed by atoms with Crippen molar-refractivity contribution < 1.29 is 9.90 Å². The first-order chi connectivity index (χ1) is 7.74. The highest BCUT2D eigenvalue weighted by atomic mass is 16.3. The number of phenolic OH excluding ortho intramolecular Hbond substituents is 1. The van der Waals surface area contributed by atoms with E-state index in [2.05, 4.69) is 10.6 Å². The first-order valence-electron chi connectivity index (χ1n) is 5.53. The summed E-state index contributed by atoms with van der Waals surface area (Å²) in [6.07, 6.45) is 2.56. The largest absolute Gasteiger partial charge is 0.508 e. The monoisotopic (exact) mass is 220 g/mol. The summed E-state index contributed by atoms with van der Waals surface area (Å²) < 4.78 is 0. The molecular weight excluding hydrogens is 204 g/mol. The number of benzene rings is 1. The highest BCUT2D eigenvalue weighted by Gasteiger charge is 2.20. The standard InChI is InChI=1S/C12H16N2O2/c15-11-3-1-2-10(6-11)14-12(16)8-13-7-9-4-5-9/h1-3,6,9,13,15H,4-5,7-8H2,(H,14,16). The molecule has 0 unspecified atom stereocenters. The fourth-order valence-electron chi connectivity index (χ4n) is 1.50. The van der Waals surface area contributed by atoms with Crippen molar-refractivity contribution in [3.63, 3.8) is 0 Å². The molecule has 16 heavy (non-hydrogen) atoms. The van der Waals surface area contributed by atoms with Crippen LogP contribution in [-0.4, -0.2) is 24.1 Å². The number of amides is 1. The topological polar surface area (TPSA) is 61.4 Å². The van der Waals surface area contributed by atoms with E-state index in [-0.39, 0.29) is 11.7 Å². The van der Waals surface area contributed by atoms with Gasteiger partial charge in [0.15, 0.2) is 0 Å². The molecule has 1 aromatic rings. The van der Waals surface area contributed by atoms with Gasteiger partial charge in [0.05, 0.1) is 6.54 Å². The highest BCUT2D eigenvalue weighted by molar-refractivity contribution is 5.92. The van der Waals surface area contributed by atoms with Crippen LogP contribution in [0.3, 0.4) is 0 Å². The van der Waals surface area contributed by atoms with E-state index in [0.29, 0.717) is 12.2 Å². The summed E-state index contributed by atoms with van der Waals surface area (Å²) in [6, 6.07) is 6.54. The minimum absolute atomic E-state index is 0.0775. The summed E-state index contributed by atoms with van der Waals surface area (Å²) in [6.45, 7) is 1.25. The van der Waals surface area contributed by atoms with Crippen molar-refractivity contribution in [2.45, 2.75) is 12.8 Å².